The number of amides is 1. The van der Waals surface area contributed by atoms with Gasteiger partial charge in [-0.05, 0) is 48.5 Å². The van der Waals surface area contributed by atoms with Gasteiger partial charge in [0.05, 0.1) is 16.3 Å². The number of nitrogens with one attached hydrogen (secondary N) is 2. The van der Waals surface area contributed by atoms with Gasteiger partial charge in [-0.25, -0.2) is 0 Å². The molecule has 0 atom stereocenters. The molecule has 4 rings (SSSR count). The van der Waals surface area contributed by atoms with Crippen LogP contribution in [0.1, 0.15) is 10.4 Å². The Hall–Kier alpha value is -2.89. The molecule has 1 amide bonds. The van der Waals surface area contributed by atoms with E-state index in [1.165, 1.54) is 30.3 Å². The highest BCUT2D eigenvalue weighted by molar-refractivity contribution is 7.94. The Morgan fingerprint density at radius 3 is 2.35 bits per heavy atom. The smallest absolute Gasteiger partial charge is 0.291 e. The number of anilines is 2. The average molecular weight is 556 g/mol. The minimum atomic E-state index is -4.18. The van der Waals surface area contributed by atoms with E-state index in [1.54, 1.807) is 30.3 Å². The predicted molar refractivity (Wildman–Crippen MR) is 133 cm³/mol. The van der Waals surface area contributed by atoms with Crippen LogP contribution in [-0.4, -0.2) is 24.5 Å². The summed E-state index contributed by atoms with van der Waals surface area (Å²) in [5.41, 5.74) is 0.246. The van der Waals surface area contributed by atoms with Crippen molar-refractivity contribution in [3.8, 4) is 11.5 Å². The number of sulfonamides is 1. The largest absolute Gasteiger partial charge is 0.455 e. The van der Waals surface area contributed by atoms with Crippen molar-refractivity contribution in [1.29, 1.82) is 0 Å². The topological polar surface area (TPSA) is 110 Å². The molecule has 1 aromatic heterocycles. The van der Waals surface area contributed by atoms with Gasteiger partial charge in [0, 0.05) is 10.0 Å². The Morgan fingerprint density at radius 2 is 1.62 bits per heavy atom. The molecule has 3 aromatic carbocycles. The Bertz CT molecular complexity index is 1460. The first-order valence-corrected chi connectivity index (χ1v) is 12.8. The van der Waals surface area contributed by atoms with Crippen molar-refractivity contribution >= 4 is 72.9 Å². The van der Waals surface area contributed by atoms with E-state index in [-0.39, 0.29) is 31.5 Å². The maximum absolute atomic E-state index is 12.9. The van der Waals surface area contributed by atoms with Crippen LogP contribution in [0, 0.1) is 0 Å². The molecule has 0 fully saturated rings. The minimum Gasteiger partial charge on any atom is -0.455 e. The maximum Gasteiger partial charge on any atom is 0.291 e. The standard InChI is InChI=1S/C21H13Cl3N4O4S2/c22-12-6-8-15(16(24)10-12)19(29)25-20-26-27-21(33-20)34(30,31)28-17-11-13(23)7-9-18(17)32-14-4-2-1-3-5-14/h1-11,28H,(H,25,26,29). The minimum absolute atomic E-state index is 0.0387. The molecule has 1 heterocycles. The summed E-state index contributed by atoms with van der Waals surface area (Å²) in [6.07, 6.45) is 0. The highest BCUT2D eigenvalue weighted by Crippen LogP contribution is 2.34. The number of para-hydroxylation sites is 1. The third-order valence-corrected chi connectivity index (χ3v) is 7.54. The van der Waals surface area contributed by atoms with Crippen LogP contribution >= 0.6 is 46.1 Å². The monoisotopic (exact) mass is 554 g/mol. The number of halogens is 3. The van der Waals surface area contributed by atoms with Crippen LogP contribution in [-0.2, 0) is 10.0 Å². The molecular formula is C21H13Cl3N4O4S2. The number of carbonyl (C=O) groups is 1. The fourth-order valence-electron chi connectivity index (χ4n) is 2.68. The lowest BCUT2D eigenvalue weighted by molar-refractivity contribution is 0.102. The van der Waals surface area contributed by atoms with Crippen molar-refractivity contribution < 1.29 is 17.9 Å². The molecule has 4 aromatic rings. The zero-order valence-corrected chi connectivity index (χ0v) is 20.7. The first kappa shape index (κ1) is 24.2. The lowest BCUT2D eigenvalue weighted by atomic mass is 10.2. The molecule has 0 unspecified atom stereocenters. The third kappa shape index (κ3) is 5.78. The normalized spacial score (nSPS) is 11.1. The van der Waals surface area contributed by atoms with Crippen molar-refractivity contribution in [3.05, 3.63) is 87.4 Å². The van der Waals surface area contributed by atoms with Gasteiger partial charge < -0.3 is 4.74 Å². The Morgan fingerprint density at radius 1 is 0.912 bits per heavy atom. The fraction of sp³-hybridized carbons (Fsp3) is 0. The molecule has 0 radical (unpaired) electrons. The van der Waals surface area contributed by atoms with E-state index in [4.69, 9.17) is 39.5 Å². The lowest BCUT2D eigenvalue weighted by Gasteiger charge is -2.12. The van der Waals surface area contributed by atoms with Gasteiger partial charge in [-0.15, -0.1) is 10.2 Å². The van der Waals surface area contributed by atoms with E-state index in [0.717, 1.165) is 0 Å². The van der Waals surface area contributed by atoms with Crippen LogP contribution in [0.3, 0.4) is 0 Å². The van der Waals surface area contributed by atoms with Gasteiger partial charge in [-0.3, -0.25) is 14.8 Å². The Kier molecular flexibility index (Phi) is 7.24. The van der Waals surface area contributed by atoms with Crippen LogP contribution in [0.25, 0.3) is 0 Å². The van der Waals surface area contributed by atoms with Gasteiger partial charge >= 0.3 is 0 Å². The second kappa shape index (κ2) is 10.2. The van der Waals surface area contributed by atoms with E-state index in [9.17, 15) is 13.2 Å². The van der Waals surface area contributed by atoms with Crippen molar-refractivity contribution in [2.75, 3.05) is 10.0 Å². The average Bonchev–Trinajstić information content (AvgIpc) is 3.25. The molecule has 0 saturated heterocycles. The molecule has 0 spiro atoms. The van der Waals surface area contributed by atoms with E-state index >= 15 is 0 Å². The molecule has 0 saturated carbocycles. The molecule has 0 aliphatic carbocycles. The maximum atomic E-state index is 12.9. The van der Waals surface area contributed by atoms with Gasteiger partial charge in [-0.1, -0.05) is 64.3 Å². The molecule has 174 valence electrons. The van der Waals surface area contributed by atoms with E-state index in [1.807, 2.05) is 6.07 Å². The summed E-state index contributed by atoms with van der Waals surface area (Å²) < 4.78 is 33.7. The molecule has 0 aliphatic heterocycles. The van der Waals surface area contributed by atoms with Crippen LogP contribution < -0.4 is 14.8 Å². The van der Waals surface area contributed by atoms with Crippen LogP contribution in [0.2, 0.25) is 15.1 Å². The zero-order valence-electron chi connectivity index (χ0n) is 16.8. The summed E-state index contributed by atoms with van der Waals surface area (Å²) in [7, 11) is -4.18. The van der Waals surface area contributed by atoms with Crippen molar-refractivity contribution in [3.63, 3.8) is 0 Å². The number of hydrogen-bond donors (Lipinski definition) is 2. The lowest BCUT2D eigenvalue weighted by Crippen LogP contribution is -2.13. The quantitative estimate of drug-likeness (QED) is 0.257. The van der Waals surface area contributed by atoms with Gasteiger partial charge in [0.15, 0.2) is 5.75 Å². The molecule has 0 aliphatic rings. The Balaban J connectivity index is 1.54. The Labute approximate surface area is 213 Å². The number of hydrogen-bond acceptors (Lipinski definition) is 7. The van der Waals surface area contributed by atoms with Crippen molar-refractivity contribution in [2.45, 2.75) is 4.34 Å². The SMILES string of the molecule is O=C(Nc1nnc(S(=O)(=O)Nc2cc(Cl)ccc2Oc2ccccc2)s1)c1ccc(Cl)cc1Cl. The van der Waals surface area contributed by atoms with Crippen LogP contribution in [0.4, 0.5) is 10.8 Å². The van der Waals surface area contributed by atoms with Crippen molar-refractivity contribution in [2.24, 2.45) is 0 Å². The molecule has 13 heteroatoms. The first-order valence-electron chi connectivity index (χ1n) is 9.36. The summed E-state index contributed by atoms with van der Waals surface area (Å²) in [6, 6.07) is 17.7. The second-order valence-corrected chi connectivity index (χ2v) is 10.7. The third-order valence-electron chi connectivity index (χ3n) is 4.19. The number of rotatable bonds is 7. The number of ether oxygens (including phenoxy) is 1. The molecule has 0 bridgehead atoms. The molecular weight excluding hydrogens is 543 g/mol. The molecule has 8 nitrogen and oxygen atoms in total. The van der Waals surface area contributed by atoms with Gasteiger partial charge in [0.25, 0.3) is 20.3 Å². The first-order chi connectivity index (χ1) is 16.2. The predicted octanol–water partition coefficient (Wildman–Crippen LogP) is 6.34. The van der Waals surface area contributed by atoms with Gasteiger partial charge in [0.1, 0.15) is 5.75 Å². The van der Waals surface area contributed by atoms with Crippen LogP contribution in [0.5, 0.6) is 11.5 Å². The molecule has 2 N–H and O–H groups in total. The summed E-state index contributed by atoms with van der Waals surface area (Å²) in [5, 5.41) is 10.6. The zero-order chi connectivity index (χ0) is 24.3. The second-order valence-electron chi connectivity index (χ2n) is 6.61. The fourth-order valence-corrected chi connectivity index (χ4v) is 5.31. The van der Waals surface area contributed by atoms with E-state index in [0.29, 0.717) is 27.1 Å². The summed E-state index contributed by atoms with van der Waals surface area (Å²) in [6.45, 7) is 0. The summed E-state index contributed by atoms with van der Waals surface area (Å²) in [5.74, 6) is 0.143. The molecule has 34 heavy (non-hydrogen) atoms. The summed E-state index contributed by atoms with van der Waals surface area (Å²) in [4.78, 5) is 12.5. The highest BCUT2D eigenvalue weighted by atomic mass is 35.5. The number of benzene rings is 3. The van der Waals surface area contributed by atoms with Gasteiger partial charge in [-0.2, -0.15) is 8.42 Å². The highest BCUT2D eigenvalue weighted by Gasteiger charge is 2.23. The number of nitrogens with zero attached hydrogens (tertiary/aromatic N) is 2. The van der Waals surface area contributed by atoms with Gasteiger partial charge in [0.2, 0.25) is 5.13 Å². The number of carbonyl (C=O) groups excluding carboxylic acids is 1. The summed E-state index contributed by atoms with van der Waals surface area (Å²) >= 11 is 18.6. The number of aromatic nitrogens is 2. The van der Waals surface area contributed by atoms with Crippen LogP contribution in [0.15, 0.2) is 71.1 Å². The van der Waals surface area contributed by atoms with Crippen molar-refractivity contribution in [1.82, 2.24) is 10.2 Å². The van der Waals surface area contributed by atoms with E-state index in [2.05, 4.69) is 20.2 Å². The van der Waals surface area contributed by atoms with E-state index < -0.39 is 15.9 Å².